The predicted octanol–water partition coefficient (Wildman–Crippen LogP) is 11.9. The molecule has 0 bridgehead atoms. The summed E-state index contributed by atoms with van der Waals surface area (Å²) < 4.78 is 0. The molecule has 0 saturated carbocycles. The summed E-state index contributed by atoms with van der Waals surface area (Å²) in [6, 6.07) is 0. The molecule has 278 valence electrons. The maximum absolute atomic E-state index is 9.84. The second-order valence-corrected chi connectivity index (χ2v) is 15.1. The van der Waals surface area contributed by atoms with Gasteiger partial charge < -0.3 is 20.2 Å². The fourth-order valence-corrected chi connectivity index (χ4v) is 7.45. The summed E-state index contributed by atoms with van der Waals surface area (Å²) in [5, 5.41) is 29.5. The molecule has 3 unspecified atom stereocenters. The molecule has 3 N–H and O–H groups in total. The molecule has 46 heavy (non-hydrogen) atoms. The lowest BCUT2D eigenvalue weighted by molar-refractivity contribution is 0.175. The molecule has 0 aliphatic heterocycles. The first-order valence-electron chi connectivity index (χ1n) is 21.2. The molecule has 0 aromatic carbocycles. The van der Waals surface area contributed by atoms with E-state index in [1.165, 1.54) is 173 Å². The van der Waals surface area contributed by atoms with Gasteiger partial charge in [0.2, 0.25) is 0 Å². The van der Waals surface area contributed by atoms with Crippen LogP contribution in [0.15, 0.2) is 0 Å². The Kier molecular flexibility index (Phi) is 37.5. The van der Waals surface area contributed by atoms with E-state index in [2.05, 4.69) is 25.7 Å². The average molecular weight is 654 g/mol. The Hall–Kier alpha value is -0.160. The maximum atomic E-state index is 9.84. The van der Waals surface area contributed by atoms with E-state index in [4.69, 9.17) is 0 Å². The van der Waals surface area contributed by atoms with Crippen molar-refractivity contribution in [1.29, 1.82) is 0 Å². The van der Waals surface area contributed by atoms with Crippen molar-refractivity contribution >= 4 is 0 Å². The van der Waals surface area contributed by atoms with E-state index in [-0.39, 0.29) is 0 Å². The van der Waals surface area contributed by atoms with Crippen molar-refractivity contribution in [3.05, 3.63) is 0 Å². The molecule has 0 heterocycles. The Bertz CT molecular complexity index is 483. The van der Waals surface area contributed by atoms with Crippen molar-refractivity contribution in [2.24, 2.45) is 17.8 Å². The van der Waals surface area contributed by atoms with E-state index in [0.29, 0.717) is 37.6 Å². The molecule has 0 amide bonds. The Balaban J connectivity index is 4.99. The third kappa shape index (κ3) is 31.1. The summed E-state index contributed by atoms with van der Waals surface area (Å²) in [7, 11) is 0. The summed E-state index contributed by atoms with van der Waals surface area (Å²) in [4.78, 5) is 2.74. The van der Waals surface area contributed by atoms with Gasteiger partial charge in [-0.1, -0.05) is 175 Å². The quantitative estimate of drug-likeness (QED) is 0.0578. The number of hydrogen-bond donors (Lipinski definition) is 3. The molecule has 4 nitrogen and oxygen atoms in total. The fraction of sp³-hybridized carbons (Fsp3) is 1.00. The SMILES string of the molecule is CCCCCCCCCC(CCO)CCN(CCC(CCO)CCCCCCCCC)CCC(CCO)CCCCCCCCC. The van der Waals surface area contributed by atoms with Crippen molar-refractivity contribution < 1.29 is 15.3 Å². The van der Waals surface area contributed by atoms with Gasteiger partial charge in [0.25, 0.3) is 0 Å². The van der Waals surface area contributed by atoms with E-state index in [0.717, 1.165) is 38.9 Å². The highest BCUT2D eigenvalue weighted by Crippen LogP contribution is 2.24. The van der Waals surface area contributed by atoms with Gasteiger partial charge in [-0.05, 0) is 75.9 Å². The highest BCUT2D eigenvalue weighted by molar-refractivity contribution is 4.71. The first-order chi connectivity index (χ1) is 22.6. The zero-order chi connectivity index (χ0) is 33.8. The van der Waals surface area contributed by atoms with Gasteiger partial charge in [0.15, 0.2) is 0 Å². The van der Waals surface area contributed by atoms with Gasteiger partial charge in [-0.25, -0.2) is 0 Å². The number of nitrogens with zero attached hydrogens (tertiary/aromatic N) is 1. The molecular weight excluding hydrogens is 566 g/mol. The molecular formula is C42H87NO3. The lowest BCUT2D eigenvalue weighted by atomic mass is 9.91. The highest BCUT2D eigenvalue weighted by Gasteiger charge is 2.17. The number of aliphatic hydroxyl groups is 3. The highest BCUT2D eigenvalue weighted by atomic mass is 16.3. The second kappa shape index (κ2) is 37.7. The maximum Gasteiger partial charge on any atom is 0.0433 e. The monoisotopic (exact) mass is 654 g/mol. The van der Waals surface area contributed by atoms with Crippen LogP contribution >= 0.6 is 0 Å². The summed E-state index contributed by atoms with van der Waals surface area (Å²) in [5.74, 6) is 1.89. The van der Waals surface area contributed by atoms with Crippen molar-refractivity contribution in [2.45, 2.75) is 213 Å². The summed E-state index contributed by atoms with van der Waals surface area (Å²) >= 11 is 0. The van der Waals surface area contributed by atoms with Gasteiger partial charge in [0.05, 0.1) is 0 Å². The van der Waals surface area contributed by atoms with Gasteiger partial charge in [0, 0.05) is 19.8 Å². The molecule has 0 aliphatic carbocycles. The van der Waals surface area contributed by atoms with Crippen molar-refractivity contribution in [3.8, 4) is 0 Å². The zero-order valence-corrected chi connectivity index (χ0v) is 32.0. The normalized spacial score (nSPS) is 13.9. The second-order valence-electron chi connectivity index (χ2n) is 15.1. The number of rotatable bonds is 39. The number of aliphatic hydroxyl groups excluding tert-OH is 3. The van der Waals surface area contributed by atoms with Gasteiger partial charge in [-0.3, -0.25) is 0 Å². The van der Waals surface area contributed by atoms with Crippen LogP contribution in [-0.4, -0.2) is 59.7 Å². The van der Waals surface area contributed by atoms with Crippen LogP contribution in [0, 0.1) is 17.8 Å². The third-order valence-electron chi connectivity index (χ3n) is 10.8. The van der Waals surface area contributed by atoms with Gasteiger partial charge in [-0.2, -0.15) is 0 Å². The van der Waals surface area contributed by atoms with E-state index in [1.54, 1.807) is 0 Å². The largest absolute Gasteiger partial charge is 0.396 e. The minimum atomic E-state index is 0.315. The van der Waals surface area contributed by atoms with Crippen LogP contribution in [0.5, 0.6) is 0 Å². The molecule has 4 heteroatoms. The zero-order valence-electron chi connectivity index (χ0n) is 32.0. The van der Waals surface area contributed by atoms with Crippen LogP contribution in [0.4, 0.5) is 0 Å². The van der Waals surface area contributed by atoms with E-state index < -0.39 is 0 Å². The Morgan fingerprint density at radius 3 is 0.783 bits per heavy atom. The van der Waals surface area contributed by atoms with E-state index >= 15 is 0 Å². The molecule has 3 atom stereocenters. The molecule has 0 saturated heterocycles. The fourth-order valence-electron chi connectivity index (χ4n) is 7.45. The molecule has 0 fully saturated rings. The smallest absolute Gasteiger partial charge is 0.0433 e. The van der Waals surface area contributed by atoms with Crippen LogP contribution in [0.2, 0.25) is 0 Å². The molecule has 0 aromatic rings. The summed E-state index contributed by atoms with van der Waals surface area (Å²) in [5.41, 5.74) is 0. The van der Waals surface area contributed by atoms with Gasteiger partial charge in [-0.15, -0.1) is 0 Å². The topological polar surface area (TPSA) is 63.9 Å². The minimum absolute atomic E-state index is 0.315. The van der Waals surface area contributed by atoms with Crippen molar-refractivity contribution in [1.82, 2.24) is 4.90 Å². The van der Waals surface area contributed by atoms with Crippen LogP contribution in [0.1, 0.15) is 213 Å². The summed E-state index contributed by atoms with van der Waals surface area (Å²) in [6.07, 6.45) is 38.7. The van der Waals surface area contributed by atoms with E-state index in [1.807, 2.05) is 0 Å². The Morgan fingerprint density at radius 1 is 0.304 bits per heavy atom. The Morgan fingerprint density at radius 2 is 0.543 bits per heavy atom. The first-order valence-corrected chi connectivity index (χ1v) is 21.2. The van der Waals surface area contributed by atoms with E-state index in [9.17, 15) is 15.3 Å². The molecule has 0 rings (SSSR count). The van der Waals surface area contributed by atoms with Gasteiger partial charge >= 0.3 is 0 Å². The standard InChI is InChI=1S/C42H87NO3/c1-4-7-10-13-16-19-22-25-40(31-37-44)28-34-43(35-29-41(32-38-45)26-23-20-17-14-11-8-5-2)36-30-42(33-39-46)27-24-21-18-15-12-9-6-3/h40-42,44-46H,4-39H2,1-3H3. The average Bonchev–Trinajstić information content (AvgIpc) is 3.06. The minimum Gasteiger partial charge on any atom is -0.396 e. The Labute approximate surface area is 290 Å². The molecule has 0 aliphatic rings. The van der Waals surface area contributed by atoms with Crippen LogP contribution < -0.4 is 0 Å². The van der Waals surface area contributed by atoms with Crippen LogP contribution in [-0.2, 0) is 0 Å². The molecule has 0 radical (unpaired) electrons. The lowest BCUT2D eigenvalue weighted by Crippen LogP contribution is -2.31. The van der Waals surface area contributed by atoms with Crippen LogP contribution in [0.3, 0.4) is 0 Å². The van der Waals surface area contributed by atoms with Crippen molar-refractivity contribution in [2.75, 3.05) is 39.5 Å². The summed E-state index contributed by atoms with van der Waals surface area (Å²) in [6.45, 7) is 11.2. The van der Waals surface area contributed by atoms with Crippen LogP contribution in [0.25, 0.3) is 0 Å². The number of unbranched alkanes of at least 4 members (excludes halogenated alkanes) is 18. The first kappa shape index (κ1) is 45.8. The molecule has 0 spiro atoms. The molecule has 0 aromatic heterocycles. The van der Waals surface area contributed by atoms with Crippen molar-refractivity contribution in [3.63, 3.8) is 0 Å². The number of hydrogen-bond acceptors (Lipinski definition) is 4. The lowest BCUT2D eigenvalue weighted by Gasteiger charge is -2.29. The van der Waals surface area contributed by atoms with Gasteiger partial charge in [0.1, 0.15) is 0 Å². The third-order valence-corrected chi connectivity index (χ3v) is 10.8. The predicted molar refractivity (Wildman–Crippen MR) is 204 cm³/mol.